The molecule has 94 valence electrons. The molecule has 18 heavy (non-hydrogen) atoms. The van der Waals surface area contributed by atoms with E-state index in [2.05, 4.69) is 15.9 Å². The predicted octanol–water partition coefficient (Wildman–Crippen LogP) is 6.27. The Morgan fingerprint density at radius 3 is 2.22 bits per heavy atom. The summed E-state index contributed by atoms with van der Waals surface area (Å²) < 4.78 is 13.0. The third-order valence-corrected chi connectivity index (χ3v) is 4.56. The van der Waals surface area contributed by atoms with Crippen LogP contribution < -0.4 is 0 Å². The molecule has 0 heterocycles. The molecule has 0 radical (unpaired) electrons. The van der Waals surface area contributed by atoms with Crippen molar-refractivity contribution >= 4 is 50.7 Å². The van der Waals surface area contributed by atoms with Gasteiger partial charge in [-0.3, -0.25) is 0 Å². The SMILES string of the molecule is Fc1ccc(C(Br)c2ccc(Cl)c(Cl)c2)c(Cl)c1. The molecular weight excluding hydrogens is 361 g/mol. The lowest BCUT2D eigenvalue weighted by atomic mass is 10.0. The molecule has 0 aliphatic heterocycles. The predicted molar refractivity (Wildman–Crippen MR) is 78.6 cm³/mol. The molecule has 0 aliphatic rings. The molecule has 0 aliphatic carbocycles. The highest BCUT2D eigenvalue weighted by Gasteiger charge is 2.15. The van der Waals surface area contributed by atoms with Crippen LogP contribution in [0.3, 0.4) is 0 Å². The Kier molecular flexibility index (Phi) is 4.54. The van der Waals surface area contributed by atoms with Crippen molar-refractivity contribution in [1.82, 2.24) is 0 Å². The van der Waals surface area contributed by atoms with E-state index in [1.165, 1.54) is 12.1 Å². The van der Waals surface area contributed by atoms with Crippen molar-refractivity contribution in [3.05, 3.63) is 68.4 Å². The smallest absolute Gasteiger partial charge is 0.124 e. The lowest BCUT2D eigenvalue weighted by molar-refractivity contribution is 0.627. The minimum absolute atomic E-state index is 0.166. The largest absolute Gasteiger partial charge is 0.207 e. The molecule has 2 rings (SSSR count). The summed E-state index contributed by atoms with van der Waals surface area (Å²) in [5.41, 5.74) is 1.68. The van der Waals surface area contributed by atoms with Gasteiger partial charge in [0, 0.05) is 5.02 Å². The maximum atomic E-state index is 13.0. The van der Waals surface area contributed by atoms with Gasteiger partial charge in [-0.15, -0.1) is 0 Å². The summed E-state index contributed by atoms with van der Waals surface area (Å²) in [5.74, 6) is -0.363. The third kappa shape index (κ3) is 3.00. The molecule has 5 heteroatoms. The first-order valence-corrected chi connectivity index (χ1v) is 7.08. The Morgan fingerprint density at radius 2 is 1.61 bits per heavy atom. The second-order valence-electron chi connectivity index (χ2n) is 3.70. The standard InChI is InChI=1S/C13H7BrCl3F/c14-13(7-1-4-10(15)12(17)5-7)9-3-2-8(18)6-11(9)16/h1-6,13H. The van der Waals surface area contributed by atoms with E-state index in [1.54, 1.807) is 18.2 Å². The van der Waals surface area contributed by atoms with Crippen LogP contribution in [-0.2, 0) is 0 Å². The van der Waals surface area contributed by atoms with Crippen LogP contribution in [0, 0.1) is 5.82 Å². The lowest BCUT2D eigenvalue weighted by Gasteiger charge is -2.13. The molecule has 0 saturated heterocycles. The van der Waals surface area contributed by atoms with Gasteiger partial charge in [0.05, 0.1) is 14.9 Å². The molecule has 0 aromatic heterocycles. The van der Waals surface area contributed by atoms with Crippen LogP contribution in [0.4, 0.5) is 4.39 Å². The van der Waals surface area contributed by atoms with Gasteiger partial charge in [-0.25, -0.2) is 4.39 Å². The van der Waals surface area contributed by atoms with E-state index < -0.39 is 0 Å². The first-order chi connectivity index (χ1) is 8.49. The first kappa shape index (κ1) is 14.1. The number of benzene rings is 2. The molecule has 1 unspecified atom stereocenters. The molecule has 0 fully saturated rings. The highest BCUT2D eigenvalue weighted by Crippen LogP contribution is 2.37. The van der Waals surface area contributed by atoms with Crippen molar-refractivity contribution in [2.24, 2.45) is 0 Å². The molecule has 0 amide bonds. The average Bonchev–Trinajstić information content (AvgIpc) is 2.32. The van der Waals surface area contributed by atoms with Gasteiger partial charge < -0.3 is 0 Å². The maximum absolute atomic E-state index is 13.0. The van der Waals surface area contributed by atoms with Crippen molar-refractivity contribution in [2.75, 3.05) is 0 Å². The minimum atomic E-state index is -0.363. The average molecular weight is 368 g/mol. The van der Waals surface area contributed by atoms with Gasteiger partial charge >= 0.3 is 0 Å². The van der Waals surface area contributed by atoms with Crippen molar-refractivity contribution in [3.63, 3.8) is 0 Å². The topological polar surface area (TPSA) is 0 Å². The van der Waals surface area contributed by atoms with Crippen LogP contribution in [0.5, 0.6) is 0 Å². The van der Waals surface area contributed by atoms with Crippen LogP contribution in [-0.4, -0.2) is 0 Å². The molecule has 0 saturated carbocycles. The van der Waals surface area contributed by atoms with Crippen LogP contribution in [0.15, 0.2) is 36.4 Å². The molecule has 0 N–H and O–H groups in total. The normalized spacial score (nSPS) is 12.5. The Morgan fingerprint density at radius 1 is 0.889 bits per heavy atom. The Balaban J connectivity index is 2.41. The fraction of sp³-hybridized carbons (Fsp3) is 0.0769. The van der Waals surface area contributed by atoms with Gasteiger partial charge in [0.25, 0.3) is 0 Å². The zero-order valence-electron chi connectivity index (χ0n) is 8.93. The van der Waals surface area contributed by atoms with Gasteiger partial charge in [-0.2, -0.15) is 0 Å². The highest BCUT2D eigenvalue weighted by atomic mass is 79.9. The van der Waals surface area contributed by atoms with Crippen molar-refractivity contribution in [2.45, 2.75) is 4.83 Å². The van der Waals surface area contributed by atoms with Gasteiger partial charge in [-0.1, -0.05) is 62.9 Å². The summed E-state index contributed by atoms with van der Waals surface area (Å²) in [4.78, 5) is -0.166. The fourth-order valence-corrected chi connectivity index (χ4v) is 2.96. The van der Waals surface area contributed by atoms with Crippen LogP contribution in [0.25, 0.3) is 0 Å². The van der Waals surface area contributed by atoms with E-state index in [0.717, 1.165) is 11.1 Å². The molecule has 2 aromatic carbocycles. The monoisotopic (exact) mass is 366 g/mol. The zero-order valence-corrected chi connectivity index (χ0v) is 12.8. The quantitative estimate of drug-likeness (QED) is 0.548. The van der Waals surface area contributed by atoms with E-state index in [9.17, 15) is 4.39 Å². The summed E-state index contributed by atoms with van der Waals surface area (Å²) in [6.45, 7) is 0. The molecule has 0 bridgehead atoms. The molecule has 1 atom stereocenters. The second kappa shape index (κ2) is 5.79. The van der Waals surface area contributed by atoms with E-state index >= 15 is 0 Å². The maximum Gasteiger partial charge on any atom is 0.124 e. The van der Waals surface area contributed by atoms with Crippen molar-refractivity contribution in [3.8, 4) is 0 Å². The Bertz CT molecular complexity index is 586. The number of rotatable bonds is 2. The number of halogens is 5. The first-order valence-electron chi connectivity index (χ1n) is 5.03. The number of hydrogen-bond donors (Lipinski definition) is 0. The Hall–Kier alpha value is -0.280. The Labute approximate surface area is 128 Å². The highest BCUT2D eigenvalue weighted by molar-refractivity contribution is 9.09. The van der Waals surface area contributed by atoms with E-state index in [4.69, 9.17) is 34.8 Å². The van der Waals surface area contributed by atoms with Crippen LogP contribution in [0.1, 0.15) is 16.0 Å². The summed E-state index contributed by atoms with van der Waals surface area (Å²) in [6, 6.07) is 9.59. The number of alkyl halides is 1. The fourth-order valence-electron chi connectivity index (χ4n) is 1.56. The molecular formula is C13H7BrCl3F. The zero-order chi connectivity index (χ0) is 13.3. The number of hydrogen-bond acceptors (Lipinski definition) is 0. The van der Waals surface area contributed by atoms with Gasteiger partial charge in [0.2, 0.25) is 0 Å². The molecule has 0 nitrogen and oxygen atoms in total. The summed E-state index contributed by atoms with van der Waals surface area (Å²) >= 11 is 21.4. The lowest BCUT2D eigenvalue weighted by Crippen LogP contribution is -1.94. The van der Waals surface area contributed by atoms with E-state index in [1.807, 2.05) is 6.07 Å². The third-order valence-electron chi connectivity index (χ3n) is 2.47. The second-order valence-corrected chi connectivity index (χ2v) is 5.84. The van der Waals surface area contributed by atoms with Gasteiger partial charge in [-0.05, 0) is 35.4 Å². The van der Waals surface area contributed by atoms with E-state index in [-0.39, 0.29) is 10.6 Å². The summed E-state index contributed by atoms with van der Waals surface area (Å²) in [5, 5.41) is 1.32. The minimum Gasteiger partial charge on any atom is -0.207 e. The molecule has 0 spiro atoms. The van der Waals surface area contributed by atoms with Crippen molar-refractivity contribution < 1.29 is 4.39 Å². The summed E-state index contributed by atoms with van der Waals surface area (Å²) in [6.07, 6.45) is 0. The van der Waals surface area contributed by atoms with Crippen molar-refractivity contribution in [1.29, 1.82) is 0 Å². The van der Waals surface area contributed by atoms with E-state index in [0.29, 0.717) is 15.1 Å². The van der Waals surface area contributed by atoms with Crippen LogP contribution >= 0.6 is 50.7 Å². The van der Waals surface area contributed by atoms with Gasteiger partial charge in [0.1, 0.15) is 5.82 Å². The van der Waals surface area contributed by atoms with Crippen LogP contribution in [0.2, 0.25) is 15.1 Å². The van der Waals surface area contributed by atoms with Gasteiger partial charge in [0.15, 0.2) is 0 Å². The molecule has 2 aromatic rings. The summed E-state index contributed by atoms with van der Waals surface area (Å²) in [7, 11) is 0.